The molecule has 0 atom stereocenters. The fourth-order valence-corrected chi connectivity index (χ4v) is 3.54. The molecule has 1 aliphatic rings. The van der Waals surface area contributed by atoms with E-state index in [1.54, 1.807) is 12.1 Å². The summed E-state index contributed by atoms with van der Waals surface area (Å²) in [7, 11) is 3.92. The van der Waals surface area contributed by atoms with Gasteiger partial charge in [-0.15, -0.1) is 10.2 Å². The third-order valence-corrected chi connectivity index (χ3v) is 5.27. The minimum Gasteiger partial charge on any atom is -0.420 e. The predicted octanol–water partition coefficient (Wildman–Crippen LogP) is 3.96. The molecule has 4 rings (SSSR count). The van der Waals surface area contributed by atoms with Gasteiger partial charge in [-0.25, -0.2) is 4.39 Å². The summed E-state index contributed by atoms with van der Waals surface area (Å²) in [5.41, 5.74) is 2.40. The molecule has 3 aromatic rings. The van der Waals surface area contributed by atoms with Gasteiger partial charge in [-0.3, -0.25) is 4.79 Å². The second kappa shape index (κ2) is 8.03. The molecular formula is C22H23FN4O2. The number of carbonyl (C=O) groups excluding carboxylic acids is 1. The summed E-state index contributed by atoms with van der Waals surface area (Å²) in [6.07, 6.45) is 1.54. The number of amides is 1. The predicted molar refractivity (Wildman–Crippen MR) is 108 cm³/mol. The van der Waals surface area contributed by atoms with Gasteiger partial charge in [0.2, 0.25) is 11.8 Å². The topological polar surface area (TPSA) is 62.5 Å². The third kappa shape index (κ3) is 4.13. The highest BCUT2D eigenvalue weighted by molar-refractivity contribution is 5.95. The first-order chi connectivity index (χ1) is 14.0. The Kier molecular flexibility index (Phi) is 5.29. The van der Waals surface area contributed by atoms with Gasteiger partial charge in [0.1, 0.15) is 5.82 Å². The summed E-state index contributed by atoms with van der Waals surface area (Å²) in [6, 6.07) is 13.6. The smallest absolute Gasteiger partial charge is 0.253 e. The van der Waals surface area contributed by atoms with Gasteiger partial charge >= 0.3 is 0 Å². The molecule has 0 radical (unpaired) electrons. The van der Waals surface area contributed by atoms with Gasteiger partial charge in [-0.2, -0.15) is 0 Å². The lowest BCUT2D eigenvalue weighted by atomic mass is 9.96. The van der Waals surface area contributed by atoms with Crippen molar-refractivity contribution in [1.29, 1.82) is 0 Å². The summed E-state index contributed by atoms with van der Waals surface area (Å²) in [6.45, 7) is 1.29. The number of hydrogen-bond donors (Lipinski definition) is 0. The highest BCUT2D eigenvalue weighted by Crippen LogP contribution is 2.30. The zero-order chi connectivity index (χ0) is 20.4. The lowest BCUT2D eigenvalue weighted by Crippen LogP contribution is -2.38. The fourth-order valence-electron chi connectivity index (χ4n) is 3.54. The Balaban J connectivity index is 1.40. The van der Waals surface area contributed by atoms with Crippen molar-refractivity contribution in [3.63, 3.8) is 0 Å². The fraction of sp³-hybridized carbons (Fsp3) is 0.318. The summed E-state index contributed by atoms with van der Waals surface area (Å²) in [5, 5.41) is 8.27. The maximum Gasteiger partial charge on any atom is 0.253 e. The van der Waals surface area contributed by atoms with Crippen LogP contribution in [0.4, 0.5) is 10.1 Å². The SMILES string of the molecule is CN(C)c1cccc(C(=O)N2CCC(c3nnc(-c4ccc(F)cc4)o3)CC2)c1. The van der Waals surface area contributed by atoms with Crippen LogP contribution < -0.4 is 4.90 Å². The van der Waals surface area contributed by atoms with E-state index in [1.165, 1.54) is 12.1 Å². The second-order valence-electron chi connectivity index (χ2n) is 7.46. The third-order valence-electron chi connectivity index (χ3n) is 5.27. The highest BCUT2D eigenvalue weighted by atomic mass is 19.1. The van der Waals surface area contributed by atoms with Crippen molar-refractivity contribution >= 4 is 11.6 Å². The first-order valence-corrected chi connectivity index (χ1v) is 9.67. The number of likely N-dealkylation sites (tertiary alicyclic amines) is 1. The number of carbonyl (C=O) groups is 1. The van der Waals surface area contributed by atoms with E-state index in [4.69, 9.17) is 4.42 Å². The Morgan fingerprint density at radius 1 is 1.10 bits per heavy atom. The van der Waals surface area contributed by atoms with Crippen molar-refractivity contribution in [1.82, 2.24) is 15.1 Å². The molecule has 1 aromatic heterocycles. The number of anilines is 1. The van der Waals surface area contributed by atoms with Crippen molar-refractivity contribution < 1.29 is 13.6 Å². The number of halogens is 1. The van der Waals surface area contributed by atoms with Crippen LogP contribution in [0, 0.1) is 5.82 Å². The van der Waals surface area contributed by atoms with Crippen molar-refractivity contribution in [2.45, 2.75) is 18.8 Å². The van der Waals surface area contributed by atoms with Gasteiger partial charge in [0.05, 0.1) is 0 Å². The molecule has 0 spiro atoms. The van der Waals surface area contributed by atoms with Crippen LogP contribution in [-0.2, 0) is 0 Å². The van der Waals surface area contributed by atoms with Crippen LogP contribution in [0.3, 0.4) is 0 Å². The van der Waals surface area contributed by atoms with Gasteiger partial charge < -0.3 is 14.2 Å². The van der Waals surface area contributed by atoms with Crippen LogP contribution in [0.15, 0.2) is 52.9 Å². The minimum atomic E-state index is -0.304. The van der Waals surface area contributed by atoms with Crippen molar-refractivity contribution in [2.75, 3.05) is 32.1 Å². The molecule has 2 aromatic carbocycles. The summed E-state index contributed by atoms with van der Waals surface area (Å²) >= 11 is 0. The number of benzene rings is 2. The Morgan fingerprint density at radius 3 is 2.52 bits per heavy atom. The molecule has 2 heterocycles. The molecule has 1 fully saturated rings. The minimum absolute atomic E-state index is 0.0460. The lowest BCUT2D eigenvalue weighted by molar-refractivity contribution is 0.0706. The van der Waals surface area contributed by atoms with Gasteiger partial charge in [0.15, 0.2) is 0 Å². The first kappa shape index (κ1) is 19.1. The number of piperidine rings is 1. The van der Waals surface area contributed by atoms with E-state index < -0.39 is 0 Å². The summed E-state index contributed by atoms with van der Waals surface area (Å²) < 4.78 is 18.9. The molecule has 150 valence electrons. The largest absolute Gasteiger partial charge is 0.420 e. The molecule has 0 unspecified atom stereocenters. The monoisotopic (exact) mass is 394 g/mol. The molecule has 0 saturated carbocycles. The van der Waals surface area contributed by atoms with E-state index in [9.17, 15) is 9.18 Å². The zero-order valence-corrected chi connectivity index (χ0v) is 16.5. The Morgan fingerprint density at radius 2 is 1.83 bits per heavy atom. The molecule has 0 N–H and O–H groups in total. The maximum atomic E-state index is 13.1. The van der Waals surface area contributed by atoms with Crippen LogP contribution in [0.5, 0.6) is 0 Å². The van der Waals surface area contributed by atoms with Crippen molar-refractivity contribution in [3.05, 3.63) is 65.8 Å². The summed E-state index contributed by atoms with van der Waals surface area (Å²) in [4.78, 5) is 16.7. The lowest BCUT2D eigenvalue weighted by Gasteiger charge is -2.30. The Labute approximate surface area is 169 Å². The first-order valence-electron chi connectivity index (χ1n) is 9.67. The summed E-state index contributed by atoms with van der Waals surface area (Å²) in [5.74, 6) is 0.824. The highest BCUT2D eigenvalue weighted by Gasteiger charge is 2.28. The molecule has 6 nitrogen and oxygen atoms in total. The van der Waals surface area contributed by atoms with Crippen LogP contribution in [0.25, 0.3) is 11.5 Å². The van der Waals surface area contributed by atoms with Crippen LogP contribution >= 0.6 is 0 Å². The normalized spacial score (nSPS) is 14.8. The molecule has 1 aliphatic heterocycles. The Bertz CT molecular complexity index is 992. The van der Waals surface area contributed by atoms with Crippen LogP contribution in [0.2, 0.25) is 0 Å². The molecule has 1 saturated heterocycles. The number of rotatable bonds is 4. The van der Waals surface area contributed by atoms with E-state index in [0.717, 1.165) is 18.5 Å². The second-order valence-corrected chi connectivity index (χ2v) is 7.46. The van der Waals surface area contributed by atoms with Crippen LogP contribution in [0.1, 0.15) is 35.0 Å². The maximum absolute atomic E-state index is 13.1. The van der Waals surface area contributed by atoms with Crippen LogP contribution in [-0.4, -0.2) is 48.2 Å². The van der Waals surface area contributed by atoms with Gasteiger partial charge in [-0.1, -0.05) is 6.07 Å². The number of hydrogen-bond acceptors (Lipinski definition) is 5. The van der Waals surface area contributed by atoms with Crippen molar-refractivity contribution in [2.24, 2.45) is 0 Å². The quantitative estimate of drug-likeness (QED) is 0.670. The van der Waals surface area contributed by atoms with Gasteiger partial charge in [0.25, 0.3) is 5.91 Å². The van der Waals surface area contributed by atoms with E-state index >= 15 is 0 Å². The molecule has 7 heteroatoms. The standard InChI is InChI=1S/C22H23FN4O2/c1-26(2)19-5-3-4-17(14-19)22(28)27-12-10-16(11-13-27)21-25-24-20(29-21)15-6-8-18(23)9-7-15/h3-9,14,16H,10-13H2,1-2H3. The van der Waals surface area contributed by atoms with E-state index in [1.807, 2.05) is 48.2 Å². The number of aromatic nitrogens is 2. The molecule has 29 heavy (non-hydrogen) atoms. The van der Waals surface area contributed by atoms with E-state index in [0.29, 0.717) is 36.0 Å². The number of nitrogens with zero attached hydrogens (tertiary/aromatic N) is 4. The van der Waals surface area contributed by atoms with Gasteiger partial charge in [0, 0.05) is 49.9 Å². The molecule has 1 amide bonds. The van der Waals surface area contributed by atoms with E-state index in [-0.39, 0.29) is 17.6 Å². The zero-order valence-electron chi connectivity index (χ0n) is 16.5. The van der Waals surface area contributed by atoms with Gasteiger partial charge in [-0.05, 0) is 55.3 Å². The molecule has 0 bridgehead atoms. The van der Waals surface area contributed by atoms with E-state index in [2.05, 4.69) is 10.2 Å². The molecule has 0 aliphatic carbocycles. The average molecular weight is 394 g/mol. The average Bonchev–Trinajstić information content (AvgIpc) is 3.24. The molecular weight excluding hydrogens is 371 g/mol. The Hall–Kier alpha value is -3.22. The van der Waals surface area contributed by atoms with Crippen molar-refractivity contribution in [3.8, 4) is 11.5 Å².